The molecular weight excluding hydrogens is 378 g/mol. The summed E-state index contributed by atoms with van der Waals surface area (Å²) in [5, 5.41) is 0. The first kappa shape index (κ1) is 18.0. The molecule has 0 saturated carbocycles. The lowest BCUT2D eigenvalue weighted by Gasteiger charge is -2.07. The number of amides is 1. The van der Waals surface area contributed by atoms with Crippen molar-refractivity contribution in [3.05, 3.63) is 57.3 Å². The molecule has 0 spiro atoms. The topological polar surface area (TPSA) is 56.5 Å². The number of nitrogens with zero attached hydrogens (tertiary/aromatic N) is 3. The molecule has 2 aromatic carbocycles. The molecule has 0 bridgehead atoms. The first-order valence-corrected chi connectivity index (χ1v) is 10.3. The van der Waals surface area contributed by atoms with E-state index in [1.54, 1.807) is 30.0 Å². The molecule has 0 fully saturated rings. The number of hydrogen-bond donors (Lipinski definition) is 0. The summed E-state index contributed by atoms with van der Waals surface area (Å²) in [7, 11) is 1.68. The highest BCUT2D eigenvalue weighted by molar-refractivity contribution is 7.17. The van der Waals surface area contributed by atoms with Crippen LogP contribution in [0, 0.1) is 13.8 Å². The molecule has 0 unspecified atom stereocenters. The maximum absolute atomic E-state index is 12.8. The van der Waals surface area contributed by atoms with Gasteiger partial charge in [-0.15, -0.1) is 11.3 Å². The van der Waals surface area contributed by atoms with Gasteiger partial charge in [-0.2, -0.15) is 4.99 Å². The van der Waals surface area contributed by atoms with Crippen molar-refractivity contribution in [1.82, 2.24) is 9.55 Å². The lowest BCUT2D eigenvalue weighted by Crippen LogP contribution is -2.19. The van der Waals surface area contributed by atoms with E-state index in [4.69, 9.17) is 4.74 Å². The molecule has 7 heteroatoms. The average Bonchev–Trinajstić information content (AvgIpc) is 3.23. The molecule has 5 nitrogen and oxygen atoms in total. The van der Waals surface area contributed by atoms with Crippen molar-refractivity contribution >= 4 is 49.0 Å². The van der Waals surface area contributed by atoms with Crippen LogP contribution in [0.1, 0.15) is 21.5 Å². The van der Waals surface area contributed by atoms with Crippen molar-refractivity contribution in [3.63, 3.8) is 0 Å². The fraction of sp³-hybridized carbons (Fsp3) is 0.250. The van der Waals surface area contributed by atoms with Crippen LogP contribution in [0.15, 0.2) is 40.8 Å². The van der Waals surface area contributed by atoms with Crippen LogP contribution in [0.4, 0.5) is 0 Å². The third kappa shape index (κ3) is 3.45. The van der Waals surface area contributed by atoms with E-state index in [1.807, 2.05) is 12.1 Å². The van der Waals surface area contributed by atoms with Crippen LogP contribution in [0.25, 0.3) is 20.4 Å². The Labute approximate surface area is 164 Å². The summed E-state index contributed by atoms with van der Waals surface area (Å²) in [5.41, 5.74) is 6.76. The van der Waals surface area contributed by atoms with Gasteiger partial charge in [0.2, 0.25) is 0 Å². The molecular formula is C20H19N3O2S2. The molecule has 1 amide bonds. The Kier molecular flexibility index (Phi) is 4.90. The molecule has 2 aromatic heterocycles. The highest BCUT2D eigenvalue weighted by Crippen LogP contribution is 2.24. The van der Waals surface area contributed by atoms with Crippen LogP contribution in [-0.2, 0) is 11.3 Å². The van der Waals surface area contributed by atoms with E-state index in [1.165, 1.54) is 22.5 Å². The second-order valence-electron chi connectivity index (χ2n) is 6.41. The summed E-state index contributed by atoms with van der Waals surface area (Å²) in [6.45, 7) is 5.39. The van der Waals surface area contributed by atoms with Crippen molar-refractivity contribution in [3.8, 4) is 0 Å². The zero-order valence-corrected chi connectivity index (χ0v) is 17.0. The van der Waals surface area contributed by atoms with E-state index in [-0.39, 0.29) is 5.91 Å². The summed E-state index contributed by atoms with van der Waals surface area (Å²) in [6.07, 6.45) is 0. The van der Waals surface area contributed by atoms with Gasteiger partial charge in [0, 0.05) is 19.2 Å². The van der Waals surface area contributed by atoms with Crippen LogP contribution in [-0.4, -0.2) is 29.2 Å². The molecule has 0 aliphatic heterocycles. The van der Waals surface area contributed by atoms with Gasteiger partial charge in [-0.3, -0.25) is 4.79 Å². The van der Waals surface area contributed by atoms with Gasteiger partial charge in [-0.25, -0.2) is 4.98 Å². The van der Waals surface area contributed by atoms with E-state index < -0.39 is 0 Å². The van der Waals surface area contributed by atoms with Gasteiger partial charge in [0.1, 0.15) is 0 Å². The van der Waals surface area contributed by atoms with Crippen molar-refractivity contribution in [2.75, 3.05) is 13.7 Å². The summed E-state index contributed by atoms with van der Waals surface area (Å²) >= 11 is 3.06. The lowest BCUT2D eigenvalue weighted by molar-refractivity contribution is 0.0997. The van der Waals surface area contributed by atoms with Crippen LogP contribution >= 0.6 is 22.7 Å². The predicted molar refractivity (Wildman–Crippen MR) is 111 cm³/mol. The van der Waals surface area contributed by atoms with E-state index in [0.717, 1.165) is 20.4 Å². The molecule has 0 saturated heterocycles. The minimum absolute atomic E-state index is 0.239. The van der Waals surface area contributed by atoms with Crippen molar-refractivity contribution < 1.29 is 9.53 Å². The SMILES string of the molecule is COCCn1c(=NC(=O)c2ccc3ncsc3c2)sc2cc(C)cc(C)c21. The molecule has 0 aliphatic carbocycles. The molecule has 0 atom stereocenters. The van der Waals surface area contributed by atoms with Crippen LogP contribution in [0.3, 0.4) is 0 Å². The van der Waals surface area contributed by atoms with Crippen molar-refractivity contribution in [2.45, 2.75) is 20.4 Å². The van der Waals surface area contributed by atoms with E-state index in [9.17, 15) is 4.79 Å². The summed E-state index contributed by atoms with van der Waals surface area (Å²) in [5.74, 6) is -0.239. The van der Waals surface area contributed by atoms with E-state index >= 15 is 0 Å². The number of hydrogen-bond acceptors (Lipinski definition) is 5. The predicted octanol–water partition coefficient (Wildman–Crippen LogP) is 4.32. The zero-order chi connectivity index (χ0) is 19.0. The first-order valence-electron chi connectivity index (χ1n) is 8.58. The Morgan fingerprint density at radius 1 is 1.22 bits per heavy atom. The summed E-state index contributed by atoms with van der Waals surface area (Å²) in [6, 6.07) is 9.81. The van der Waals surface area contributed by atoms with Crippen molar-refractivity contribution in [2.24, 2.45) is 4.99 Å². The second-order valence-corrected chi connectivity index (χ2v) is 8.30. The normalized spacial score (nSPS) is 12.3. The molecule has 4 aromatic rings. The highest BCUT2D eigenvalue weighted by Gasteiger charge is 2.12. The third-order valence-electron chi connectivity index (χ3n) is 4.41. The van der Waals surface area contributed by atoms with E-state index in [2.05, 4.69) is 40.5 Å². The molecule has 0 aliphatic rings. The molecule has 0 radical (unpaired) electrons. The minimum atomic E-state index is -0.239. The first-order chi connectivity index (χ1) is 13.1. The third-order valence-corrected chi connectivity index (χ3v) is 6.22. The van der Waals surface area contributed by atoms with Crippen molar-refractivity contribution in [1.29, 1.82) is 0 Å². The summed E-state index contributed by atoms with van der Waals surface area (Å²) in [4.78, 5) is 22.2. The smallest absolute Gasteiger partial charge is 0.279 e. The maximum Gasteiger partial charge on any atom is 0.279 e. The number of aryl methyl sites for hydroxylation is 2. The number of rotatable bonds is 4. The Hall–Kier alpha value is -2.35. The largest absolute Gasteiger partial charge is 0.383 e. The Morgan fingerprint density at radius 3 is 2.89 bits per heavy atom. The fourth-order valence-corrected chi connectivity index (χ4v) is 5.15. The average molecular weight is 398 g/mol. The lowest BCUT2D eigenvalue weighted by atomic mass is 10.1. The molecule has 138 valence electrons. The maximum atomic E-state index is 12.8. The molecule has 2 heterocycles. The minimum Gasteiger partial charge on any atom is -0.383 e. The monoisotopic (exact) mass is 397 g/mol. The van der Waals surface area contributed by atoms with Gasteiger partial charge in [0.25, 0.3) is 5.91 Å². The Balaban J connectivity index is 1.85. The van der Waals surface area contributed by atoms with Crippen LogP contribution in [0.2, 0.25) is 0 Å². The Bertz CT molecular complexity index is 1220. The van der Waals surface area contributed by atoms with Gasteiger partial charge >= 0.3 is 0 Å². The van der Waals surface area contributed by atoms with Gasteiger partial charge in [-0.05, 0) is 49.2 Å². The van der Waals surface area contributed by atoms with E-state index in [0.29, 0.717) is 23.5 Å². The molecule has 4 rings (SSSR count). The number of thiazole rings is 2. The second kappa shape index (κ2) is 7.34. The molecule has 0 N–H and O–H groups in total. The van der Waals surface area contributed by atoms with Crippen LogP contribution < -0.4 is 4.80 Å². The number of benzene rings is 2. The number of aromatic nitrogens is 2. The number of methoxy groups -OCH3 is 1. The van der Waals surface area contributed by atoms with Gasteiger partial charge in [0.05, 0.1) is 32.6 Å². The quantitative estimate of drug-likeness (QED) is 0.515. The summed E-state index contributed by atoms with van der Waals surface area (Å²) < 4.78 is 9.47. The number of carbonyl (C=O) groups excluding carboxylic acids is 1. The zero-order valence-electron chi connectivity index (χ0n) is 15.4. The Morgan fingerprint density at radius 2 is 2.07 bits per heavy atom. The molecule has 27 heavy (non-hydrogen) atoms. The number of fused-ring (bicyclic) bond motifs is 2. The fourth-order valence-electron chi connectivity index (χ4n) is 3.21. The van der Waals surface area contributed by atoms with Crippen LogP contribution in [0.5, 0.6) is 0 Å². The van der Waals surface area contributed by atoms with Gasteiger partial charge in [-0.1, -0.05) is 17.4 Å². The standard InChI is InChI=1S/C20H19N3O2S2/c1-12-8-13(2)18-17(9-12)27-20(23(18)6-7-25-3)22-19(24)14-4-5-15-16(10-14)26-11-21-15/h4-5,8-11H,6-7H2,1-3H3. The number of carbonyl (C=O) groups is 1. The van der Waals surface area contributed by atoms with Gasteiger partial charge < -0.3 is 9.30 Å². The van der Waals surface area contributed by atoms with Gasteiger partial charge in [0.15, 0.2) is 4.80 Å². The highest BCUT2D eigenvalue weighted by atomic mass is 32.1. The number of ether oxygens (including phenoxy) is 1.